The third-order valence-corrected chi connectivity index (χ3v) is 4.78. The largest absolute Gasteiger partial charge is 0.368 e. The molecule has 0 aliphatic heterocycles. The highest BCUT2D eigenvalue weighted by atomic mass is 19.1. The molecule has 0 unspecified atom stereocenters. The molecule has 6 nitrogen and oxygen atoms in total. The number of nitrogens with two attached hydrogens (primary N) is 2. The van der Waals surface area contributed by atoms with Crippen molar-refractivity contribution in [2.24, 2.45) is 5.73 Å². The highest BCUT2D eigenvalue weighted by Crippen LogP contribution is 2.35. The summed E-state index contributed by atoms with van der Waals surface area (Å²) >= 11 is 0. The van der Waals surface area contributed by atoms with E-state index < -0.39 is 0 Å². The van der Waals surface area contributed by atoms with Gasteiger partial charge in [0, 0.05) is 41.7 Å². The number of hydrogen-bond donors (Lipinski definition) is 3. The van der Waals surface area contributed by atoms with Gasteiger partial charge in [-0.25, -0.2) is 9.37 Å². The van der Waals surface area contributed by atoms with E-state index in [1.165, 1.54) is 12.1 Å². The minimum atomic E-state index is -0.238. The van der Waals surface area contributed by atoms with Crippen molar-refractivity contribution in [1.82, 2.24) is 15.0 Å². The summed E-state index contributed by atoms with van der Waals surface area (Å²) in [5.74, 6) is 1.17. The first kappa shape index (κ1) is 15.8. The lowest BCUT2D eigenvalue weighted by atomic mass is 9.78. The van der Waals surface area contributed by atoms with Gasteiger partial charge >= 0.3 is 0 Å². The van der Waals surface area contributed by atoms with Crippen LogP contribution in [-0.2, 0) is 6.54 Å². The molecule has 0 spiro atoms. The number of rotatable bonds is 4. The van der Waals surface area contributed by atoms with E-state index in [-0.39, 0.29) is 17.8 Å². The molecule has 7 heteroatoms. The fourth-order valence-electron chi connectivity index (χ4n) is 3.36. The van der Waals surface area contributed by atoms with E-state index in [4.69, 9.17) is 11.5 Å². The Morgan fingerprint density at radius 1 is 1.24 bits per heavy atom. The van der Waals surface area contributed by atoms with Crippen molar-refractivity contribution in [3.05, 3.63) is 47.5 Å². The molecular weight excluding hydrogens is 319 g/mol. The second kappa shape index (κ2) is 6.00. The van der Waals surface area contributed by atoms with Gasteiger partial charge in [0.1, 0.15) is 11.6 Å². The van der Waals surface area contributed by atoms with Crippen molar-refractivity contribution in [2.75, 3.05) is 17.7 Å². The maximum atomic E-state index is 13.3. The first-order chi connectivity index (χ1) is 12.0. The Morgan fingerprint density at radius 3 is 2.80 bits per heavy atom. The van der Waals surface area contributed by atoms with E-state index in [9.17, 15) is 4.39 Å². The lowest BCUT2D eigenvalue weighted by Gasteiger charge is -2.32. The molecule has 0 atom stereocenters. The fourth-order valence-corrected chi connectivity index (χ4v) is 3.36. The van der Waals surface area contributed by atoms with Crippen LogP contribution in [0.1, 0.15) is 30.1 Å². The first-order valence-corrected chi connectivity index (χ1v) is 8.36. The van der Waals surface area contributed by atoms with Crippen LogP contribution in [0.15, 0.2) is 30.3 Å². The zero-order chi connectivity index (χ0) is 17.6. The SMILES string of the molecule is CN(Cc1cc2cc(F)ccc2[nH]1)c1cc(C2CC(N)C2)nc(N)n1. The molecule has 1 fully saturated rings. The summed E-state index contributed by atoms with van der Waals surface area (Å²) in [7, 11) is 1.95. The van der Waals surface area contributed by atoms with Crippen LogP contribution in [0.25, 0.3) is 10.9 Å². The van der Waals surface area contributed by atoms with Crippen LogP contribution in [0, 0.1) is 5.82 Å². The normalized spacial score (nSPS) is 19.8. The van der Waals surface area contributed by atoms with Crippen molar-refractivity contribution in [1.29, 1.82) is 0 Å². The number of aromatic amines is 1. The number of aromatic nitrogens is 3. The summed E-state index contributed by atoms with van der Waals surface area (Å²) in [6.45, 7) is 0.608. The predicted octanol–water partition coefficient (Wildman–Crippen LogP) is 2.52. The lowest BCUT2D eigenvalue weighted by Crippen LogP contribution is -2.35. The number of anilines is 2. The Kier molecular flexibility index (Phi) is 3.80. The van der Waals surface area contributed by atoms with Gasteiger partial charge in [-0.3, -0.25) is 0 Å². The molecule has 1 aromatic carbocycles. The van der Waals surface area contributed by atoms with Crippen LogP contribution in [0.4, 0.5) is 16.2 Å². The summed E-state index contributed by atoms with van der Waals surface area (Å²) in [5, 5.41) is 0.856. The summed E-state index contributed by atoms with van der Waals surface area (Å²) in [6.07, 6.45) is 1.88. The Balaban J connectivity index is 1.56. The maximum absolute atomic E-state index is 13.3. The number of nitrogens with one attached hydrogen (secondary N) is 1. The van der Waals surface area contributed by atoms with Crippen LogP contribution < -0.4 is 16.4 Å². The minimum Gasteiger partial charge on any atom is -0.368 e. The lowest BCUT2D eigenvalue weighted by molar-refractivity contribution is 0.345. The average molecular weight is 340 g/mol. The summed E-state index contributed by atoms with van der Waals surface area (Å²) in [6, 6.07) is 8.91. The number of nitrogens with zero attached hydrogens (tertiary/aromatic N) is 3. The Morgan fingerprint density at radius 2 is 2.04 bits per heavy atom. The third-order valence-electron chi connectivity index (χ3n) is 4.78. The topological polar surface area (TPSA) is 96.8 Å². The molecule has 0 saturated heterocycles. The van der Waals surface area contributed by atoms with E-state index in [1.54, 1.807) is 6.07 Å². The van der Waals surface area contributed by atoms with Crippen LogP contribution >= 0.6 is 0 Å². The molecule has 0 radical (unpaired) electrons. The molecule has 2 heterocycles. The second-order valence-corrected chi connectivity index (χ2v) is 6.82. The van der Waals surface area contributed by atoms with Gasteiger partial charge in [0.25, 0.3) is 0 Å². The highest BCUT2D eigenvalue weighted by Gasteiger charge is 2.29. The molecule has 25 heavy (non-hydrogen) atoms. The molecule has 5 N–H and O–H groups in total. The second-order valence-electron chi connectivity index (χ2n) is 6.82. The predicted molar refractivity (Wildman–Crippen MR) is 96.8 cm³/mol. The van der Waals surface area contributed by atoms with Gasteiger partial charge < -0.3 is 21.4 Å². The van der Waals surface area contributed by atoms with E-state index in [0.29, 0.717) is 12.5 Å². The Bertz CT molecular complexity index is 915. The van der Waals surface area contributed by atoms with Crippen LogP contribution in [0.2, 0.25) is 0 Å². The fraction of sp³-hybridized carbons (Fsp3) is 0.333. The maximum Gasteiger partial charge on any atom is 0.222 e. The van der Waals surface area contributed by atoms with Gasteiger partial charge in [0.2, 0.25) is 5.95 Å². The van der Waals surface area contributed by atoms with E-state index in [1.807, 2.05) is 24.1 Å². The first-order valence-electron chi connectivity index (χ1n) is 8.36. The standard InChI is InChI=1S/C18H21FN6/c1-25(9-14-7-10-4-12(19)2-3-15(10)22-14)17-8-16(23-18(21)24-17)11-5-13(20)6-11/h2-4,7-8,11,13,22H,5-6,9,20H2,1H3,(H2,21,23,24). The molecule has 0 amide bonds. The zero-order valence-corrected chi connectivity index (χ0v) is 14.0. The van der Waals surface area contributed by atoms with E-state index >= 15 is 0 Å². The van der Waals surface area contributed by atoms with Crippen molar-refractivity contribution >= 4 is 22.7 Å². The van der Waals surface area contributed by atoms with Gasteiger partial charge in [-0.15, -0.1) is 0 Å². The number of nitrogen functional groups attached to an aromatic ring is 1. The van der Waals surface area contributed by atoms with Gasteiger partial charge in [0.15, 0.2) is 0 Å². The smallest absolute Gasteiger partial charge is 0.222 e. The summed E-state index contributed by atoms with van der Waals surface area (Å²) in [4.78, 5) is 14.0. The summed E-state index contributed by atoms with van der Waals surface area (Å²) < 4.78 is 13.3. The number of hydrogen-bond acceptors (Lipinski definition) is 5. The summed E-state index contributed by atoms with van der Waals surface area (Å²) in [5.41, 5.74) is 14.6. The van der Waals surface area contributed by atoms with E-state index in [0.717, 1.165) is 41.0 Å². The molecule has 1 saturated carbocycles. The monoisotopic (exact) mass is 340 g/mol. The number of benzene rings is 1. The average Bonchev–Trinajstić information content (AvgIpc) is 2.92. The van der Waals surface area contributed by atoms with Gasteiger partial charge in [-0.1, -0.05) is 0 Å². The number of fused-ring (bicyclic) bond motifs is 1. The third kappa shape index (κ3) is 3.15. The van der Waals surface area contributed by atoms with Crippen LogP contribution in [0.5, 0.6) is 0 Å². The van der Waals surface area contributed by atoms with Gasteiger partial charge in [-0.2, -0.15) is 4.98 Å². The molecule has 130 valence electrons. The number of H-pyrrole nitrogens is 1. The number of halogens is 1. The van der Waals surface area contributed by atoms with Gasteiger partial charge in [0.05, 0.1) is 12.2 Å². The van der Waals surface area contributed by atoms with Crippen LogP contribution in [0.3, 0.4) is 0 Å². The van der Waals surface area contributed by atoms with Crippen molar-refractivity contribution in [3.63, 3.8) is 0 Å². The molecule has 1 aliphatic carbocycles. The van der Waals surface area contributed by atoms with Crippen LogP contribution in [-0.4, -0.2) is 28.0 Å². The van der Waals surface area contributed by atoms with Crippen molar-refractivity contribution < 1.29 is 4.39 Å². The molecular formula is C18H21FN6. The van der Waals surface area contributed by atoms with Crippen molar-refractivity contribution in [3.8, 4) is 0 Å². The minimum absolute atomic E-state index is 0.238. The molecule has 1 aliphatic rings. The molecule has 3 aromatic rings. The quantitative estimate of drug-likeness (QED) is 0.678. The molecule has 2 aromatic heterocycles. The van der Waals surface area contributed by atoms with Gasteiger partial charge in [-0.05, 0) is 37.1 Å². The Labute approximate surface area is 145 Å². The molecule has 0 bridgehead atoms. The van der Waals surface area contributed by atoms with E-state index in [2.05, 4.69) is 15.0 Å². The Hall–Kier alpha value is -2.67. The zero-order valence-electron chi connectivity index (χ0n) is 14.0. The van der Waals surface area contributed by atoms with Crippen molar-refractivity contribution in [2.45, 2.75) is 31.3 Å². The molecule has 4 rings (SSSR count). The highest BCUT2D eigenvalue weighted by molar-refractivity contribution is 5.80.